The van der Waals surface area contributed by atoms with E-state index in [2.05, 4.69) is 15.5 Å². The maximum atomic E-state index is 12.6. The molecule has 1 fully saturated rings. The van der Waals surface area contributed by atoms with Gasteiger partial charge in [0.25, 0.3) is 0 Å². The Labute approximate surface area is 181 Å². The van der Waals surface area contributed by atoms with Crippen molar-refractivity contribution >= 4 is 40.7 Å². The fourth-order valence-electron chi connectivity index (χ4n) is 3.47. The van der Waals surface area contributed by atoms with Gasteiger partial charge in [0.05, 0.1) is 16.8 Å². The summed E-state index contributed by atoms with van der Waals surface area (Å²) in [6.45, 7) is 3.80. The fourth-order valence-corrected chi connectivity index (χ4v) is 3.81. The van der Waals surface area contributed by atoms with Crippen LogP contribution in [0.2, 0.25) is 10.0 Å². The van der Waals surface area contributed by atoms with E-state index in [1.54, 1.807) is 18.2 Å². The number of nitrogens with one attached hydrogen (secondary N) is 2. The van der Waals surface area contributed by atoms with Crippen LogP contribution in [0.4, 0.5) is 5.69 Å². The normalized spacial score (nSPS) is 16.2. The molecule has 0 aromatic heterocycles. The van der Waals surface area contributed by atoms with Gasteiger partial charge in [-0.2, -0.15) is 0 Å². The molecule has 0 radical (unpaired) electrons. The lowest BCUT2D eigenvalue weighted by Crippen LogP contribution is -2.48. The largest absolute Gasteiger partial charge is 0.352 e. The monoisotopic (exact) mass is 433 g/mol. The standard InChI is InChI=1S/C22H25Cl2N3O2/c1-15(21(28)26-20-13-18(23)7-8-19(20)24)27-11-9-17(10-12-27)22(29)25-14-16-5-3-2-4-6-16/h2-8,13,15,17H,9-12,14H2,1H3,(H,25,29)(H,26,28)/t15-/m0/s1. The quantitative estimate of drug-likeness (QED) is 0.711. The van der Waals surface area contributed by atoms with Crippen LogP contribution < -0.4 is 10.6 Å². The minimum atomic E-state index is -0.321. The highest BCUT2D eigenvalue weighted by molar-refractivity contribution is 6.35. The smallest absolute Gasteiger partial charge is 0.241 e. The summed E-state index contributed by atoms with van der Waals surface area (Å²) >= 11 is 12.1. The van der Waals surface area contributed by atoms with Crippen LogP contribution >= 0.6 is 23.2 Å². The number of halogens is 2. The molecule has 0 bridgehead atoms. The molecule has 0 unspecified atom stereocenters. The highest BCUT2D eigenvalue weighted by Crippen LogP contribution is 2.26. The molecule has 0 saturated carbocycles. The lowest BCUT2D eigenvalue weighted by Gasteiger charge is -2.34. The minimum absolute atomic E-state index is 0.0207. The maximum absolute atomic E-state index is 12.6. The highest BCUT2D eigenvalue weighted by atomic mass is 35.5. The Morgan fingerprint density at radius 2 is 1.79 bits per heavy atom. The zero-order valence-corrected chi connectivity index (χ0v) is 17.8. The predicted molar refractivity (Wildman–Crippen MR) is 117 cm³/mol. The van der Waals surface area contributed by atoms with Gasteiger partial charge in [-0.15, -0.1) is 0 Å². The van der Waals surface area contributed by atoms with E-state index in [0.29, 0.717) is 35.4 Å². The molecule has 2 aromatic carbocycles. The molecule has 1 aliphatic rings. The number of hydrogen-bond donors (Lipinski definition) is 2. The van der Waals surface area contributed by atoms with Crippen LogP contribution in [0.25, 0.3) is 0 Å². The van der Waals surface area contributed by atoms with Gasteiger partial charge in [0.1, 0.15) is 0 Å². The molecular formula is C22H25Cl2N3O2. The van der Waals surface area contributed by atoms with Crippen LogP contribution in [-0.4, -0.2) is 35.8 Å². The third kappa shape index (κ3) is 5.95. The van der Waals surface area contributed by atoms with Crippen LogP contribution in [0.15, 0.2) is 48.5 Å². The van der Waals surface area contributed by atoms with Gasteiger partial charge in [-0.1, -0.05) is 53.5 Å². The van der Waals surface area contributed by atoms with Crippen molar-refractivity contribution < 1.29 is 9.59 Å². The third-order valence-electron chi connectivity index (χ3n) is 5.32. The van der Waals surface area contributed by atoms with Gasteiger partial charge < -0.3 is 10.6 Å². The van der Waals surface area contributed by atoms with Crippen LogP contribution in [0, 0.1) is 5.92 Å². The summed E-state index contributed by atoms with van der Waals surface area (Å²) in [6.07, 6.45) is 1.46. The first-order valence-corrected chi connectivity index (χ1v) is 10.5. The molecule has 1 heterocycles. The number of piperidine rings is 1. The molecule has 1 aliphatic heterocycles. The molecule has 1 atom stereocenters. The van der Waals surface area contributed by atoms with Crippen molar-refractivity contribution in [1.29, 1.82) is 0 Å². The van der Waals surface area contributed by atoms with Gasteiger partial charge in [-0.3, -0.25) is 14.5 Å². The Hall–Kier alpha value is -2.08. The van der Waals surface area contributed by atoms with Gasteiger partial charge in [0.2, 0.25) is 11.8 Å². The molecule has 2 N–H and O–H groups in total. The first kappa shape index (κ1) is 21.6. The van der Waals surface area contributed by atoms with Crippen molar-refractivity contribution in [2.75, 3.05) is 18.4 Å². The van der Waals surface area contributed by atoms with Crippen molar-refractivity contribution in [2.24, 2.45) is 5.92 Å². The maximum Gasteiger partial charge on any atom is 0.241 e. The van der Waals surface area contributed by atoms with Crippen molar-refractivity contribution in [3.63, 3.8) is 0 Å². The van der Waals surface area contributed by atoms with Gasteiger partial charge in [0.15, 0.2) is 0 Å². The van der Waals surface area contributed by atoms with Crippen molar-refractivity contribution in [1.82, 2.24) is 10.2 Å². The lowest BCUT2D eigenvalue weighted by molar-refractivity contribution is -0.127. The number of nitrogens with zero attached hydrogens (tertiary/aromatic N) is 1. The van der Waals surface area contributed by atoms with Crippen molar-refractivity contribution in [3.8, 4) is 0 Å². The Bertz CT molecular complexity index is 852. The molecule has 5 nitrogen and oxygen atoms in total. The van der Waals surface area contributed by atoms with E-state index in [4.69, 9.17) is 23.2 Å². The van der Waals surface area contributed by atoms with Crippen molar-refractivity contribution in [2.45, 2.75) is 32.4 Å². The summed E-state index contributed by atoms with van der Waals surface area (Å²) in [5.74, 6) is -0.0786. The second-order valence-corrected chi connectivity index (χ2v) is 8.15. The molecule has 29 heavy (non-hydrogen) atoms. The molecule has 2 aromatic rings. The third-order valence-corrected chi connectivity index (χ3v) is 5.89. The molecule has 2 amide bonds. The molecule has 1 saturated heterocycles. The number of amides is 2. The number of rotatable bonds is 6. The van der Waals surface area contributed by atoms with E-state index in [9.17, 15) is 9.59 Å². The number of anilines is 1. The second-order valence-electron chi connectivity index (χ2n) is 7.30. The average molecular weight is 434 g/mol. The fraction of sp³-hybridized carbons (Fsp3) is 0.364. The van der Waals surface area contributed by atoms with E-state index in [1.165, 1.54) is 0 Å². The number of benzene rings is 2. The summed E-state index contributed by atoms with van der Waals surface area (Å²) in [6, 6.07) is 14.5. The van der Waals surface area contributed by atoms with Crippen LogP contribution in [0.3, 0.4) is 0 Å². The van der Waals surface area contributed by atoms with Gasteiger partial charge >= 0.3 is 0 Å². The van der Waals surface area contributed by atoms with E-state index < -0.39 is 0 Å². The summed E-state index contributed by atoms with van der Waals surface area (Å²) in [4.78, 5) is 27.2. The van der Waals surface area contributed by atoms with Gasteiger partial charge in [0, 0.05) is 17.5 Å². The van der Waals surface area contributed by atoms with Gasteiger partial charge in [-0.25, -0.2) is 0 Å². The summed E-state index contributed by atoms with van der Waals surface area (Å²) in [5, 5.41) is 6.82. The van der Waals surface area contributed by atoms with E-state index >= 15 is 0 Å². The molecule has 7 heteroatoms. The van der Waals surface area contributed by atoms with Crippen molar-refractivity contribution in [3.05, 3.63) is 64.1 Å². The number of likely N-dealkylation sites (tertiary alicyclic amines) is 1. The summed E-state index contributed by atoms with van der Waals surface area (Å²) < 4.78 is 0. The Kier molecular flexibility index (Phi) is 7.53. The zero-order chi connectivity index (χ0) is 20.8. The lowest BCUT2D eigenvalue weighted by atomic mass is 9.94. The first-order valence-electron chi connectivity index (χ1n) is 9.75. The molecule has 154 valence electrons. The first-order chi connectivity index (χ1) is 13.9. The van der Waals surface area contributed by atoms with Crippen LogP contribution in [-0.2, 0) is 16.1 Å². The average Bonchev–Trinajstić information content (AvgIpc) is 2.75. The minimum Gasteiger partial charge on any atom is -0.352 e. The Morgan fingerprint density at radius 1 is 1.10 bits per heavy atom. The number of carbonyl (C=O) groups is 2. The van der Waals surface area contributed by atoms with Gasteiger partial charge in [-0.05, 0) is 56.6 Å². The topological polar surface area (TPSA) is 61.4 Å². The summed E-state index contributed by atoms with van der Waals surface area (Å²) in [5.41, 5.74) is 1.59. The van der Waals surface area contributed by atoms with E-state index in [1.807, 2.05) is 37.3 Å². The molecule has 0 aliphatic carbocycles. The summed E-state index contributed by atoms with van der Waals surface area (Å²) in [7, 11) is 0. The Morgan fingerprint density at radius 3 is 2.48 bits per heavy atom. The second kappa shape index (κ2) is 10.1. The van der Waals surface area contributed by atoms with Crippen LogP contribution in [0.5, 0.6) is 0 Å². The SMILES string of the molecule is C[C@@H](C(=O)Nc1cc(Cl)ccc1Cl)N1CCC(C(=O)NCc2ccccc2)CC1. The molecular weight excluding hydrogens is 409 g/mol. The van der Waals surface area contributed by atoms with E-state index in [0.717, 1.165) is 18.4 Å². The highest BCUT2D eigenvalue weighted by Gasteiger charge is 2.29. The molecule has 3 rings (SSSR count). The predicted octanol–water partition coefficient (Wildman–Crippen LogP) is 4.35. The van der Waals surface area contributed by atoms with Crippen LogP contribution in [0.1, 0.15) is 25.3 Å². The number of carbonyl (C=O) groups excluding carboxylic acids is 2. The Balaban J connectivity index is 1.47. The molecule has 0 spiro atoms. The van der Waals surface area contributed by atoms with E-state index in [-0.39, 0.29) is 23.8 Å². The zero-order valence-electron chi connectivity index (χ0n) is 16.3. The number of hydrogen-bond acceptors (Lipinski definition) is 3.